The van der Waals surface area contributed by atoms with Crippen molar-refractivity contribution < 1.29 is 18.0 Å². The van der Waals surface area contributed by atoms with Crippen LogP contribution in [0, 0.1) is 6.92 Å². The number of carbonyl (C=O) groups excluding carboxylic acids is 2. The summed E-state index contributed by atoms with van der Waals surface area (Å²) in [6.45, 7) is 1.16. The van der Waals surface area contributed by atoms with Crippen molar-refractivity contribution in [3.05, 3.63) is 129 Å². The van der Waals surface area contributed by atoms with Crippen LogP contribution < -0.4 is 9.62 Å². The van der Waals surface area contributed by atoms with Crippen molar-refractivity contribution in [2.45, 2.75) is 30.8 Å². The molecule has 4 aromatic rings. The highest BCUT2D eigenvalue weighted by Crippen LogP contribution is 2.28. The lowest BCUT2D eigenvalue weighted by atomic mass is 10.0. The van der Waals surface area contributed by atoms with Crippen LogP contribution in [0.2, 0.25) is 15.1 Å². The standard InChI is InChI=1S/C32H30Cl3N3O4S/c1-22-11-15-28(16-12-22)43(41,42)38(27-10-6-9-25(33)18-27)21-31(39)37(20-24-13-14-26(34)19-29(24)35)30(32(40)36-2)17-23-7-4-3-5-8-23/h3-16,18-19,30H,17,20-21H2,1-2H3,(H,36,40). The highest BCUT2D eigenvalue weighted by molar-refractivity contribution is 7.92. The molecule has 43 heavy (non-hydrogen) atoms. The summed E-state index contributed by atoms with van der Waals surface area (Å²) in [5.74, 6) is -1.04. The SMILES string of the molecule is CNC(=O)C(Cc1ccccc1)N(Cc1ccc(Cl)cc1Cl)C(=O)CN(c1cccc(Cl)c1)S(=O)(=O)c1ccc(C)cc1. The third kappa shape index (κ3) is 8.09. The van der Waals surface area contributed by atoms with Gasteiger partial charge in [-0.3, -0.25) is 13.9 Å². The minimum atomic E-state index is -4.23. The van der Waals surface area contributed by atoms with E-state index in [0.717, 1.165) is 15.4 Å². The van der Waals surface area contributed by atoms with Gasteiger partial charge in [-0.1, -0.05) is 95.0 Å². The highest BCUT2D eigenvalue weighted by atomic mass is 35.5. The van der Waals surface area contributed by atoms with E-state index in [1.807, 2.05) is 37.3 Å². The zero-order valence-electron chi connectivity index (χ0n) is 23.5. The van der Waals surface area contributed by atoms with Crippen molar-refractivity contribution in [3.63, 3.8) is 0 Å². The lowest BCUT2D eigenvalue weighted by Gasteiger charge is -2.33. The largest absolute Gasteiger partial charge is 0.357 e. The Morgan fingerprint density at radius 2 is 1.51 bits per heavy atom. The number of carbonyl (C=O) groups is 2. The highest BCUT2D eigenvalue weighted by Gasteiger charge is 2.34. The van der Waals surface area contributed by atoms with E-state index in [9.17, 15) is 18.0 Å². The van der Waals surface area contributed by atoms with Gasteiger partial charge in [-0.2, -0.15) is 0 Å². The molecule has 1 unspecified atom stereocenters. The van der Waals surface area contributed by atoms with Gasteiger partial charge in [0.25, 0.3) is 10.0 Å². The molecule has 11 heteroatoms. The number of sulfonamides is 1. The Labute approximate surface area is 267 Å². The maximum Gasteiger partial charge on any atom is 0.264 e. The van der Waals surface area contributed by atoms with Gasteiger partial charge in [0.05, 0.1) is 10.6 Å². The van der Waals surface area contributed by atoms with Gasteiger partial charge in [0.15, 0.2) is 0 Å². The van der Waals surface area contributed by atoms with Crippen LogP contribution in [0.4, 0.5) is 5.69 Å². The Kier molecular flexibility index (Phi) is 10.7. The minimum Gasteiger partial charge on any atom is -0.357 e. The number of rotatable bonds is 11. The number of aryl methyl sites for hydroxylation is 1. The maximum atomic E-state index is 14.3. The molecule has 0 aliphatic rings. The second-order valence-corrected chi connectivity index (χ2v) is 13.0. The van der Waals surface area contributed by atoms with Crippen LogP contribution in [0.3, 0.4) is 0 Å². The Bertz CT molecular complexity index is 1700. The molecule has 0 aliphatic heterocycles. The fourth-order valence-corrected chi connectivity index (χ4v) is 6.61. The Morgan fingerprint density at radius 1 is 0.837 bits per heavy atom. The first kappa shape index (κ1) is 32.4. The smallest absolute Gasteiger partial charge is 0.264 e. The molecule has 4 aromatic carbocycles. The van der Waals surface area contributed by atoms with E-state index in [1.165, 1.54) is 30.1 Å². The molecule has 1 N–H and O–H groups in total. The summed E-state index contributed by atoms with van der Waals surface area (Å²) in [7, 11) is -2.75. The van der Waals surface area contributed by atoms with Crippen LogP contribution in [-0.2, 0) is 32.6 Å². The predicted molar refractivity (Wildman–Crippen MR) is 172 cm³/mol. The van der Waals surface area contributed by atoms with Crippen LogP contribution >= 0.6 is 34.8 Å². The number of amides is 2. The predicted octanol–water partition coefficient (Wildman–Crippen LogP) is 6.54. The van der Waals surface area contributed by atoms with Crippen LogP contribution in [-0.4, -0.2) is 44.8 Å². The van der Waals surface area contributed by atoms with E-state index < -0.39 is 34.4 Å². The number of nitrogens with one attached hydrogen (secondary N) is 1. The van der Waals surface area contributed by atoms with E-state index in [1.54, 1.807) is 48.5 Å². The van der Waals surface area contributed by atoms with Gasteiger partial charge in [-0.05, 0) is 60.5 Å². The fourth-order valence-electron chi connectivity index (χ4n) is 4.55. The van der Waals surface area contributed by atoms with Crippen molar-refractivity contribution >= 4 is 62.3 Å². The van der Waals surface area contributed by atoms with Gasteiger partial charge in [-0.15, -0.1) is 0 Å². The molecular weight excluding hydrogens is 629 g/mol. The van der Waals surface area contributed by atoms with Crippen molar-refractivity contribution in [2.75, 3.05) is 17.9 Å². The lowest BCUT2D eigenvalue weighted by Crippen LogP contribution is -2.53. The number of benzene rings is 4. The third-order valence-electron chi connectivity index (χ3n) is 6.86. The molecule has 0 bridgehead atoms. The van der Waals surface area contributed by atoms with E-state index >= 15 is 0 Å². The summed E-state index contributed by atoms with van der Waals surface area (Å²) in [5.41, 5.74) is 2.43. The summed E-state index contributed by atoms with van der Waals surface area (Å²) >= 11 is 18.9. The van der Waals surface area contributed by atoms with Gasteiger partial charge >= 0.3 is 0 Å². The summed E-state index contributed by atoms with van der Waals surface area (Å²) < 4.78 is 29.0. The van der Waals surface area contributed by atoms with Gasteiger partial charge < -0.3 is 10.2 Å². The molecule has 0 fully saturated rings. The van der Waals surface area contributed by atoms with Crippen LogP contribution in [0.1, 0.15) is 16.7 Å². The quantitative estimate of drug-likeness (QED) is 0.198. The number of hydrogen-bond donors (Lipinski definition) is 1. The molecule has 0 aromatic heterocycles. The van der Waals surface area contributed by atoms with Crippen LogP contribution in [0.5, 0.6) is 0 Å². The minimum absolute atomic E-state index is 0.00491. The molecule has 1 atom stereocenters. The number of halogens is 3. The summed E-state index contributed by atoms with van der Waals surface area (Å²) in [6.07, 6.45) is 0.180. The summed E-state index contributed by atoms with van der Waals surface area (Å²) in [4.78, 5) is 29.0. The number of likely N-dealkylation sites (N-methyl/N-ethyl adjacent to an activating group) is 1. The average molecular weight is 659 g/mol. The molecule has 0 radical (unpaired) electrons. The number of anilines is 1. The maximum absolute atomic E-state index is 14.3. The second-order valence-electron chi connectivity index (χ2n) is 9.88. The van der Waals surface area contributed by atoms with Crippen LogP contribution in [0.25, 0.3) is 0 Å². The Hall–Kier alpha value is -3.56. The first-order valence-electron chi connectivity index (χ1n) is 13.3. The summed E-state index contributed by atoms with van der Waals surface area (Å²) in [6, 6.07) is 25.7. The van der Waals surface area contributed by atoms with Crippen LogP contribution in [0.15, 0.2) is 102 Å². The molecule has 2 amide bonds. The lowest BCUT2D eigenvalue weighted by molar-refractivity contribution is -0.139. The molecule has 0 saturated carbocycles. The van der Waals surface area contributed by atoms with Crippen molar-refractivity contribution in [3.8, 4) is 0 Å². The van der Waals surface area contributed by atoms with E-state index in [2.05, 4.69) is 5.32 Å². The normalized spacial score (nSPS) is 11.9. The second kappa shape index (κ2) is 14.3. The van der Waals surface area contributed by atoms with Gasteiger partial charge in [0, 0.05) is 35.1 Å². The monoisotopic (exact) mass is 657 g/mol. The fraction of sp³-hybridized carbons (Fsp3) is 0.188. The Morgan fingerprint density at radius 3 is 2.14 bits per heavy atom. The van der Waals surface area contributed by atoms with Crippen molar-refractivity contribution in [2.24, 2.45) is 0 Å². The van der Waals surface area contributed by atoms with Crippen molar-refractivity contribution in [1.29, 1.82) is 0 Å². The molecule has 0 aliphatic carbocycles. The van der Waals surface area contributed by atoms with E-state index in [4.69, 9.17) is 34.8 Å². The zero-order valence-corrected chi connectivity index (χ0v) is 26.6. The molecule has 7 nitrogen and oxygen atoms in total. The first-order chi connectivity index (χ1) is 20.5. The topological polar surface area (TPSA) is 86.8 Å². The number of nitrogens with zero attached hydrogens (tertiary/aromatic N) is 2. The zero-order chi connectivity index (χ0) is 31.1. The molecule has 0 spiro atoms. The molecule has 4 rings (SSSR count). The third-order valence-corrected chi connectivity index (χ3v) is 9.47. The van der Waals surface area contributed by atoms with Gasteiger partial charge in [0.2, 0.25) is 11.8 Å². The molecule has 224 valence electrons. The molecule has 0 heterocycles. The average Bonchev–Trinajstić information content (AvgIpc) is 2.98. The molecule has 0 saturated heterocycles. The van der Waals surface area contributed by atoms with Crippen molar-refractivity contribution in [1.82, 2.24) is 10.2 Å². The van der Waals surface area contributed by atoms with E-state index in [0.29, 0.717) is 20.6 Å². The molecular formula is C32H30Cl3N3O4S. The van der Waals surface area contributed by atoms with E-state index in [-0.39, 0.29) is 23.5 Å². The first-order valence-corrected chi connectivity index (χ1v) is 15.9. The van der Waals surface area contributed by atoms with Gasteiger partial charge in [-0.25, -0.2) is 8.42 Å². The number of hydrogen-bond acceptors (Lipinski definition) is 4. The van der Waals surface area contributed by atoms with Gasteiger partial charge in [0.1, 0.15) is 12.6 Å². The summed E-state index contributed by atoms with van der Waals surface area (Å²) in [5, 5.41) is 3.66. The Balaban J connectivity index is 1.81.